The van der Waals surface area contributed by atoms with Gasteiger partial charge in [-0.05, 0) is 26.4 Å². The molecule has 0 heterocycles. The topological polar surface area (TPSA) is 72.9 Å². The van der Waals surface area contributed by atoms with Gasteiger partial charge in [-0.2, -0.15) is 0 Å². The highest BCUT2D eigenvalue weighted by Gasteiger charge is 2.26. The summed E-state index contributed by atoms with van der Waals surface area (Å²) >= 11 is 0. The first-order valence-electron chi connectivity index (χ1n) is 6.13. The number of likely N-dealkylation sites (N-methyl/N-ethyl adjacent to an activating group) is 2. The number of aliphatic carboxylic acids is 1. The van der Waals surface area contributed by atoms with Gasteiger partial charge in [0.05, 0.1) is 0 Å². The molecule has 6 nitrogen and oxygen atoms in total. The van der Waals surface area contributed by atoms with Gasteiger partial charge in [0.25, 0.3) is 0 Å². The van der Waals surface area contributed by atoms with E-state index in [0.717, 1.165) is 6.54 Å². The third-order valence-electron chi connectivity index (χ3n) is 2.60. The maximum Gasteiger partial charge on any atom is 0.326 e. The molecule has 0 aromatic carbocycles. The summed E-state index contributed by atoms with van der Waals surface area (Å²) in [4.78, 5) is 26.1. The molecule has 2 N–H and O–H groups in total. The summed E-state index contributed by atoms with van der Waals surface area (Å²) in [5, 5.41) is 11.8. The molecule has 0 aliphatic heterocycles. The Balaban J connectivity index is 4.34. The zero-order valence-electron chi connectivity index (χ0n) is 11.9. The second kappa shape index (κ2) is 7.92. The number of nitrogens with zero attached hydrogens (tertiary/aromatic N) is 2. The number of urea groups is 1. The zero-order chi connectivity index (χ0) is 14.3. The van der Waals surface area contributed by atoms with Crippen molar-refractivity contribution >= 4 is 12.0 Å². The van der Waals surface area contributed by atoms with E-state index in [9.17, 15) is 9.59 Å². The molecule has 0 rings (SSSR count). The number of hydrogen-bond donors (Lipinski definition) is 2. The first-order valence-corrected chi connectivity index (χ1v) is 6.13. The highest BCUT2D eigenvalue weighted by molar-refractivity contribution is 5.82. The average Bonchev–Trinajstić information content (AvgIpc) is 2.23. The summed E-state index contributed by atoms with van der Waals surface area (Å²) in [7, 11) is 5.34. The Labute approximate surface area is 109 Å². The molecule has 6 heteroatoms. The van der Waals surface area contributed by atoms with Gasteiger partial charge in [-0.1, -0.05) is 13.8 Å². The van der Waals surface area contributed by atoms with Crippen molar-refractivity contribution in [3.8, 4) is 0 Å². The second-order valence-electron chi connectivity index (χ2n) is 5.13. The van der Waals surface area contributed by atoms with Crippen molar-refractivity contribution in [1.29, 1.82) is 0 Å². The smallest absolute Gasteiger partial charge is 0.326 e. The molecule has 0 aliphatic rings. The Hall–Kier alpha value is -1.30. The van der Waals surface area contributed by atoms with Gasteiger partial charge in [0.2, 0.25) is 0 Å². The van der Waals surface area contributed by atoms with E-state index < -0.39 is 12.0 Å². The van der Waals surface area contributed by atoms with Gasteiger partial charge in [0.15, 0.2) is 0 Å². The van der Waals surface area contributed by atoms with Gasteiger partial charge in [-0.15, -0.1) is 0 Å². The predicted molar refractivity (Wildman–Crippen MR) is 70.6 cm³/mol. The van der Waals surface area contributed by atoms with Gasteiger partial charge >= 0.3 is 12.0 Å². The molecule has 0 spiro atoms. The quantitative estimate of drug-likeness (QED) is 0.705. The highest BCUT2D eigenvalue weighted by atomic mass is 16.4. The fourth-order valence-corrected chi connectivity index (χ4v) is 1.52. The minimum Gasteiger partial charge on any atom is -0.480 e. The third-order valence-corrected chi connectivity index (χ3v) is 2.60. The van der Waals surface area contributed by atoms with E-state index >= 15 is 0 Å². The summed E-state index contributed by atoms with van der Waals surface area (Å²) < 4.78 is 0. The van der Waals surface area contributed by atoms with Crippen molar-refractivity contribution in [1.82, 2.24) is 15.1 Å². The number of carbonyl (C=O) groups is 2. The molecular formula is C12H25N3O3. The van der Waals surface area contributed by atoms with Gasteiger partial charge in [-0.25, -0.2) is 9.59 Å². The standard InChI is InChI=1S/C12H25N3O3/c1-9(2)8-10(11(16)17)15(5)12(18)13-6-7-14(3)4/h9-10H,6-8H2,1-5H3,(H,13,18)(H,16,17)/t10-/m0/s1. The van der Waals surface area contributed by atoms with Crippen LogP contribution in [-0.2, 0) is 4.79 Å². The van der Waals surface area contributed by atoms with Gasteiger partial charge in [0, 0.05) is 20.1 Å². The largest absolute Gasteiger partial charge is 0.480 e. The fourth-order valence-electron chi connectivity index (χ4n) is 1.52. The first-order chi connectivity index (χ1) is 8.25. The molecule has 0 aromatic rings. The SMILES string of the molecule is CC(C)C[C@@H](C(=O)O)N(C)C(=O)NCCN(C)C. The Kier molecular flexibility index (Phi) is 7.35. The van der Waals surface area contributed by atoms with E-state index in [0.29, 0.717) is 13.0 Å². The van der Waals surface area contributed by atoms with Gasteiger partial charge < -0.3 is 20.2 Å². The van der Waals surface area contributed by atoms with Crippen LogP contribution in [0.1, 0.15) is 20.3 Å². The van der Waals surface area contributed by atoms with Crippen molar-refractivity contribution < 1.29 is 14.7 Å². The minimum atomic E-state index is -0.964. The summed E-state index contributed by atoms with van der Waals surface area (Å²) in [6.07, 6.45) is 0.451. The molecule has 0 unspecified atom stereocenters. The maximum atomic E-state index is 11.8. The van der Waals surface area contributed by atoms with Crippen molar-refractivity contribution in [3.05, 3.63) is 0 Å². The lowest BCUT2D eigenvalue weighted by atomic mass is 10.0. The third kappa shape index (κ3) is 6.44. The Morgan fingerprint density at radius 1 is 1.22 bits per heavy atom. The molecule has 0 fully saturated rings. The average molecular weight is 259 g/mol. The van der Waals surface area contributed by atoms with Crippen LogP contribution < -0.4 is 5.32 Å². The number of rotatable bonds is 7. The molecule has 0 saturated carbocycles. The number of carbonyl (C=O) groups excluding carboxylic acids is 1. The molecule has 18 heavy (non-hydrogen) atoms. The van der Waals surface area contributed by atoms with Crippen LogP contribution in [0.3, 0.4) is 0 Å². The van der Waals surface area contributed by atoms with Crippen LogP contribution in [0.25, 0.3) is 0 Å². The van der Waals surface area contributed by atoms with Crippen LogP contribution in [0.5, 0.6) is 0 Å². The second-order valence-corrected chi connectivity index (χ2v) is 5.13. The van der Waals surface area contributed by atoms with Crippen molar-refractivity contribution in [2.75, 3.05) is 34.2 Å². The summed E-state index contributed by atoms with van der Waals surface area (Å²) in [6, 6.07) is -1.12. The Morgan fingerprint density at radius 2 is 1.78 bits per heavy atom. The van der Waals surface area contributed by atoms with Crippen LogP contribution in [0, 0.1) is 5.92 Å². The van der Waals surface area contributed by atoms with Crippen LogP contribution in [0.2, 0.25) is 0 Å². The molecule has 0 saturated heterocycles. The molecule has 0 radical (unpaired) electrons. The fraction of sp³-hybridized carbons (Fsp3) is 0.833. The highest BCUT2D eigenvalue weighted by Crippen LogP contribution is 2.10. The Morgan fingerprint density at radius 3 is 2.17 bits per heavy atom. The first kappa shape index (κ1) is 16.7. The molecule has 2 amide bonds. The molecular weight excluding hydrogens is 234 g/mol. The lowest BCUT2D eigenvalue weighted by Gasteiger charge is -2.26. The van der Waals surface area contributed by atoms with Crippen LogP contribution in [0.15, 0.2) is 0 Å². The van der Waals surface area contributed by atoms with Crippen molar-refractivity contribution in [2.24, 2.45) is 5.92 Å². The van der Waals surface area contributed by atoms with Crippen LogP contribution >= 0.6 is 0 Å². The van der Waals surface area contributed by atoms with Crippen LogP contribution in [-0.4, -0.2) is 67.2 Å². The van der Waals surface area contributed by atoms with E-state index in [-0.39, 0.29) is 11.9 Å². The van der Waals surface area contributed by atoms with E-state index in [1.54, 1.807) is 0 Å². The molecule has 0 aromatic heterocycles. The summed E-state index contributed by atoms with van der Waals surface area (Å²) in [5.41, 5.74) is 0. The van der Waals surface area contributed by atoms with Crippen LogP contribution in [0.4, 0.5) is 4.79 Å². The van der Waals surface area contributed by atoms with Gasteiger partial charge in [0.1, 0.15) is 6.04 Å². The number of hydrogen-bond acceptors (Lipinski definition) is 3. The Bertz CT molecular complexity index is 280. The van der Waals surface area contributed by atoms with Gasteiger partial charge in [-0.3, -0.25) is 0 Å². The minimum absolute atomic E-state index is 0.225. The number of nitrogens with one attached hydrogen (secondary N) is 1. The number of amides is 2. The van der Waals surface area contributed by atoms with E-state index in [1.165, 1.54) is 11.9 Å². The monoisotopic (exact) mass is 259 g/mol. The van der Waals surface area contributed by atoms with E-state index in [2.05, 4.69) is 5.32 Å². The molecule has 0 bridgehead atoms. The predicted octanol–water partition coefficient (Wildman–Crippen LogP) is 0.689. The van der Waals surface area contributed by atoms with E-state index in [4.69, 9.17) is 5.11 Å². The van der Waals surface area contributed by atoms with Crippen molar-refractivity contribution in [3.63, 3.8) is 0 Å². The summed E-state index contributed by atoms with van der Waals surface area (Å²) in [6.45, 7) is 5.10. The summed E-state index contributed by atoms with van der Waals surface area (Å²) in [5.74, 6) is -0.739. The lowest BCUT2D eigenvalue weighted by Crippen LogP contribution is -2.48. The molecule has 1 atom stereocenters. The maximum absolute atomic E-state index is 11.8. The number of carboxylic acids is 1. The number of carboxylic acid groups (broad SMARTS) is 1. The van der Waals surface area contributed by atoms with Crippen molar-refractivity contribution in [2.45, 2.75) is 26.3 Å². The zero-order valence-corrected chi connectivity index (χ0v) is 11.9. The lowest BCUT2D eigenvalue weighted by molar-refractivity contribution is -0.142. The molecule has 106 valence electrons. The van der Waals surface area contributed by atoms with E-state index in [1.807, 2.05) is 32.8 Å². The normalized spacial score (nSPS) is 12.6. The molecule has 0 aliphatic carbocycles.